The number of hydrogen-bond donors (Lipinski definition) is 2. The van der Waals surface area contributed by atoms with Crippen LogP contribution in [0.5, 0.6) is 0 Å². The molecule has 3 N–H and O–H groups in total. The molecule has 1 heterocycles. The first-order chi connectivity index (χ1) is 14.3. The number of carbonyl (C=O) groups is 1. The van der Waals surface area contributed by atoms with E-state index in [1.54, 1.807) is 11.6 Å². The number of hydrazone groups is 1. The van der Waals surface area contributed by atoms with Crippen LogP contribution in [0.4, 0.5) is 0 Å². The van der Waals surface area contributed by atoms with E-state index < -0.39 is 0 Å². The van der Waals surface area contributed by atoms with E-state index in [9.17, 15) is 4.79 Å². The zero-order chi connectivity index (χ0) is 21.1. The van der Waals surface area contributed by atoms with E-state index >= 15 is 0 Å². The van der Waals surface area contributed by atoms with Crippen LogP contribution >= 0.6 is 12.2 Å². The Morgan fingerprint density at radius 1 is 1.27 bits per heavy atom. The average molecular weight is 426 g/mol. The highest BCUT2D eigenvalue weighted by Gasteiger charge is 2.56. The normalized spacial score (nSPS) is 41.1. The summed E-state index contributed by atoms with van der Waals surface area (Å²) in [6.45, 7) is 5.35. The van der Waals surface area contributed by atoms with Crippen molar-refractivity contribution in [1.29, 1.82) is 0 Å². The van der Waals surface area contributed by atoms with Gasteiger partial charge in [0.15, 0.2) is 5.11 Å². The Hall–Kier alpha value is -1.95. The number of rotatable bonds is 2. The van der Waals surface area contributed by atoms with Crippen LogP contribution in [0.3, 0.4) is 0 Å². The molecule has 0 aromatic heterocycles. The van der Waals surface area contributed by atoms with E-state index in [0.29, 0.717) is 23.9 Å². The van der Waals surface area contributed by atoms with E-state index in [2.05, 4.69) is 36.5 Å². The molecule has 0 amide bonds. The molecule has 2 unspecified atom stereocenters. The van der Waals surface area contributed by atoms with Gasteiger partial charge in [-0.3, -0.25) is 5.43 Å². The van der Waals surface area contributed by atoms with Gasteiger partial charge in [0.05, 0.1) is 0 Å². The van der Waals surface area contributed by atoms with E-state index in [0.717, 1.165) is 30.8 Å². The standard InChI is InChI=1S/C24H31N3O2S/c1-23-9-7-16(26-27-22(25)30)12-15(23)3-4-17-19-6-5-18(14-11-21(28)29-13-14)24(19,2)10-8-20(17)23/h5-6,11,15,17,20H,3-4,7-10,12-13H2,1-2H3,(H3,25,27,30)/t15?,17?,20-,23-,24+/m0/s1. The fraction of sp³-hybridized carbons (Fsp3) is 0.625. The second-order valence-corrected chi connectivity index (χ2v) is 10.6. The Morgan fingerprint density at radius 2 is 2.10 bits per heavy atom. The van der Waals surface area contributed by atoms with Crippen LogP contribution in [0.15, 0.2) is 40.0 Å². The second kappa shape index (κ2) is 7.04. The Bertz CT molecular complexity index is 933. The molecule has 0 radical (unpaired) electrons. The number of cyclic esters (lactones) is 1. The highest BCUT2D eigenvalue weighted by molar-refractivity contribution is 7.80. The molecular formula is C24H31N3O2S. The smallest absolute Gasteiger partial charge is 0.331 e. The number of allylic oxidation sites excluding steroid dienone is 3. The summed E-state index contributed by atoms with van der Waals surface area (Å²) in [5.74, 6) is 1.85. The minimum atomic E-state index is -0.200. The van der Waals surface area contributed by atoms with Crippen LogP contribution in [0.25, 0.3) is 0 Å². The number of nitrogens with zero attached hydrogens (tertiary/aromatic N) is 1. The monoisotopic (exact) mass is 425 g/mol. The molecule has 4 aliphatic carbocycles. The molecule has 0 aromatic carbocycles. The van der Waals surface area contributed by atoms with Gasteiger partial charge in [-0.05, 0) is 85.9 Å². The van der Waals surface area contributed by atoms with Crippen LogP contribution in [-0.4, -0.2) is 23.4 Å². The van der Waals surface area contributed by atoms with Crippen molar-refractivity contribution >= 4 is 29.0 Å². The summed E-state index contributed by atoms with van der Waals surface area (Å²) in [4.78, 5) is 11.6. The molecule has 5 atom stereocenters. The molecule has 6 heteroatoms. The van der Waals surface area contributed by atoms with Gasteiger partial charge >= 0.3 is 5.97 Å². The Balaban J connectivity index is 1.36. The number of ether oxygens (including phenoxy) is 1. The topological polar surface area (TPSA) is 76.7 Å². The lowest BCUT2D eigenvalue weighted by Crippen LogP contribution is -2.51. The third-order valence-electron chi connectivity index (χ3n) is 8.87. The quantitative estimate of drug-likeness (QED) is 0.395. The van der Waals surface area contributed by atoms with Crippen molar-refractivity contribution in [2.24, 2.45) is 39.4 Å². The molecule has 5 nitrogen and oxygen atoms in total. The summed E-state index contributed by atoms with van der Waals surface area (Å²) >= 11 is 4.90. The molecule has 0 saturated heterocycles. The molecule has 160 valence electrons. The Labute approximate surface area is 183 Å². The van der Waals surface area contributed by atoms with Gasteiger partial charge in [-0.2, -0.15) is 5.10 Å². The molecule has 0 aromatic rings. The predicted octanol–water partition coefficient (Wildman–Crippen LogP) is 4.16. The summed E-state index contributed by atoms with van der Waals surface area (Å²) in [6.07, 6.45) is 14.5. The summed E-state index contributed by atoms with van der Waals surface area (Å²) in [5, 5.41) is 4.71. The Kier molecular flexibility index (Phi) is 4.69. The first kappa shape index (κ1) is 20.0. The van der Waals surface area contributed by atoms with Crippen LogP contribution in [0.1, 0.15) is 58.8 Å². The highest BCUT2D eigenvalue weighted by Crippen LogP contribution is 2.65. The lowest BCUT2D eigenvalue weighted by atomic mass is 9.46. The number of hydrogen-bond acceptors (Lipinski definition) is 4. The maximum atomic E-state index is 11.6. The number of thiocarbonyl (C=S) groups is 1. The van der Waals surface area contributed by atoms with E-state index in [4.69, 9.17) is 22.7 Å². The fourth-order valence-corrected chi connectivity index (χ4v) is 7.33. The van der Waals surface area contributed by atoms with Gasteiger partial charge in [-0.1, -0.05) is 31.6 Å². The van der Waals surface area contributed by atoms with Crippen LogP contribution in [-0.2, 0) is 9.53 Å². The second-order valence-electron chi connectivity index (χ2n) is 10.2. The van der Waals surface area contributed by atoms with Crippen molar-refractivity contribution in [2.45, 2.75) is 58.8 Å². The number of fused-ring (bicyclic) bond motifs is 5. The van der Waals surface area contributed by atoms with Crippen molar-refractivity contribution in [2.75, 3.05) is 6.61 Å². The maximum Gasteiger partial charge on any atom is 0.331 e. The van der Waals surface area contributed by atoms with Crippen LogP contribution in [0, 0.1) is 28.6 Å². The SMILES string of the molecule is C[C@]12CC[C@H]3C(CCC4CC(=NNC(N)=S)CC[C@@]43C)C1=CC=C2C1=CC(=O)OC1. The minimum Gasteiger partial charge on any atom is -0.458 e. The molecular weight excluding hydrogens is 394 g/mol. The summed E-state index contributed by atoms with van der Waals surface area (Å²) in [7, 11) is 0. The summed E-state index contributed by atoms with van der Waals surface area (Å²) in [5.41, 5.74) is 14.0. The van der Waals surface area contributed by atoms with Gasteiger partial charge in [-0.15, -0.1) is 0 Å². The average Bonchev–Trinajstić information content (AvgIpc) is 3.28. The van der Waals surface area contributed by atoms with Crippen LogP contribution in [0.2, 0.25) is 0 Å². The number of nitrogens with one attached hydrogen (secondary N) is 1. The summed E-state index contributed by atoms with van der Waals surface area (Å²) in [6, 6.07) is 0. The summed E-state index contributed by atoms with van der Waals surface area (Å²) < 4.78 is 5.21. The third kappa shape index (κ3) is 2.98. The zero-order valence-corrected chi connectivity index (χ0v) is 18.7. The largest absolute Gasteiger partial charge is 0.458 e. The maximum absolute atomic E-state index is 11.6. The van der Waals surface area contributed by atoms with Crippen molar-refractivity contribution < 1.29 is 9.53 Å². The first-order valence-corrected chi connectivity index (χ1v) is 11.6. The molecule has 0 bridgehead atoms. The first-order valence-electron chi connectivity index (χ1n) is 11.2. The van der Waals surface area contributed by atoms with Gasteiger partial charge in [0.1, 0.15) is 6.61 Å². The molecule has 3 fully saturated rings. The Morgan fingerprint density at radius 3 is 2.83 bits per heavy atom. The van der Waals surface area contributed by atoms with E-state index in [1.165, 1.54) is 37.0 Å². The lowest BCUT2D eigenvalue weighted by Gasteiger charge is -2.58. The van der Waals surface area contributed by atoms with Gasteiger partial charge in [-0.25, -0.2) is 4.79 Å². The molecule has 5 aliphatic rings. The van der Waals surface area contributed by atoms with Crippen molar-refractivity contribution in [3.8, 4) is 0 Å². The zero-order valence-electron chi connectivity index (χ0n) is 17.9. The van der Waals surface area contributed by atoms with Crippen LogP contribution < -0.4 is 11.2 Å². The fourth-order valence-electron chi connectivity index (χ4n) is 7.28. The molecule has 5 rings (SSSR count). The van der Waals surface area contributed by atoms with Gasteiger partial charge in [0.2, 0.25) is 0 Å². The highest BCUT2D eigenvalue weighted by atomic mass is 32.1. The van der Waals surface area contributed by atoms with Gasteiger partial charge in [0.25, 0.3) is 0 Å². The molecule has 3 saturated carbocycles. The third-order valence-corrected chi connectivity index (χ3v) is 8.97. The van der Waals surface area contributed by atoms with E-state index in [-0.39, 0.29) is 16.5 Å². The lowest BCUT2D eigenvalue weighted by molar-refractivity contribution is -0.134. The molecule has 0 spiro atoms. The predicted molar refractivity (Wildman–Crippen MR) is 122 cm³/mol. The van der Waals surface area contributed by atoms with Gasteiger partial charge < -0.3 is 10.5 Å². The molecule has 30 heavy (non-hydrogen) atoms. The number of esters is 1. The van der Waals surface area contributed by atoms with Gasteiger partial charge in [0, 0.05) is 22.8 Å². The van der Waals surface area contributed by atoms with E-state index in [1.807, 2.05) is 0 Å². The van der Waals surface area contributed by atoms with Crippen molar-refractivity contribution in [3.63, 3.8) is 0 Å². The molecule has 1 aliphatic heterocycles. The number of carbonyl (C=O) groups excluding carboxylic acids is 1. The number of nitrogens with two attached hydrogens (primary N) is 1. The van der Waals surface area contributed by atoms with Crippen molar-refractivity contribution in [3.05, 3.63) is 34.9 Å². The minimum absolute atomic E-state index is 0.0617. The van der Waals surface area contributed by atoms with Crippen molar-refractivity contribution in [1.82, 2.24) is 5.43 Å².